The van der Waals surface area contributed by atoms with Crippen LogP contribution in [-0.4, -0.2) is 62.3 Å². The highest BCUT2D eigenvalue weighted by atomic mass is 16.2. The Morgan fingerprint density at radius 3 is 2.58 bits per heavy atom. The van der Waals surface area contributed by atoms with Gasteiger partial charge in [-0.1, -0.05) is 6.07 Å². The number of nitrogens with zero attached hydrogens (tertiary/aromatic N) is 7. The molecule has 3 N–H and O–H groups in total. The lowest BCUT2D eigenvalue weighted by molar-refractivity contribution is 0.191. The van der Waals surface area contributed by atoms with Crippen molar-refractivity contribution < 1.29 is 4.79 Å². The Labute approximate surface area is 191 Å². The SMILES string of the molecule is Cc1cc(Nc2cc(C)[nH]n2)nc(N2CCN(C(=O)NC(C)c3ccc(C#N)nc3)CC2)n1. The Hall–Kier alpha value is -4.20. The lowest BCUT2D eigenvalue weighted by Gasteiger charge is -2.35. The lowest BCUT2D eigenvalue weighted by Crippen LogP contribution is -2.52. The number of nitrogens with one attached hydrogen (secondary N) is 3. The molecule has 33 heavy (non-hydrogen) atoms. The number of amides is 2. The van der Waals surface area contributed by atoms with Crippen molar-refractivity contribution >= 4 is 23.6 Å². The summed E-state index contributed by atoms with van der Waals surface area (Å²) in [7, 11) is 0. The third kappa shape index (κ3) is 5.35. The summed E-state index contributed by atoms with van der Waals surface area (Å²) >= 11 is 0. The number of nitriles is 1. The van der Waals surface area contributed by atoms with Gasteiger partial charge >= 0.3 is 6.03 Å². The Morgan fingerprint density at radius 2 is 1.94 bits per heavy atom. The molecule has 0 radical (unpaired) electrons. The first kappa shape index (κ1) is 22.0. The molecular weight excluding hydrogens is 420 g/mol. The third-order valence-corrected chi connectivity index (χ3v) is 5.40. The topological polar surface area (TPSA) is 139 Å². The van der Waals surface area contributed by atoms with Gasteiger partial charge < -0.3 is 20.4 Å². The number of H-pyrrole nitrogens is 1. The number of carbonyl (C=O) groups is 1. The molecule has 0 bridgehead atoms. The molecule has 0 aliphatic carbocycles. The quantitative estimate of drug-likeness (QED) is 0.543. The number of hydrogen-bond acceptors (Lipinski definition) is 8. The number of anilines is 3. The number of pyridine rings is 1. The fourth-order valence-corrected chi connectivity index (χ4v) is 3.57. The van der Waals surface area contributed by atoms with Crippen LogP contribution in [0.1, 0.15) is 35.6 Å². The highest BCUT2D eigenvalue weighted by Gasteiger charge is 2.24. The van der Waals surface area contributed by atoms with Crippen LogP contribution in [-0.2, 0) is 0 Å². The third-order valence-electron chi connectivity index (χ3n) is 5.40. The van der Waals surface area contributed by atoms with Crippen LogP contribution < -0.4 is 15.5 Å². The van der Waals surface area contributed by atoms with E-state index in [-0.39, 0.29) is 12.1 Å². The van der Waals surface area contributed by atoms with E-state index in [2.05, 4.69) is 40.7 Å². The largest absolute Gasteiger partial charge is 0.337 e. The molecule has 11 nitrogen and oxygen atoms in total. The second-order valence-electron chi connectivity index (χ2n) is 7.99. The van der Waals surface area contributed by atoms with Crippen LogP contribution in [0, 0.1) is 25.2 Å². The summed E-state index contributed by atoms with van der Waals surface area (Å²) in [5, 5.41) is 22.2. The molecule has 1 saturated heterocycles. The summed E-state index contributed by atoms with van der Waals surface area (Å²) in [6.07, 6.45) is 1.62. The Balaban J connectivity index is 1.34. The van der Waals surface area contributed by atoms with Crippen molar-refractivity contribution in [2.45, 2.75) is 26.8 Å². The summed E-state index contributed by atoms with van der Waals surface area (Å²) in [5.41, 5.74) is 3.01. The van der Waals surface area contributed by atoms with Crippen LogP contribution in [0.15, 0.2) is 30.5 Å². The average molecular weight is 447 g/mol. The van der Waals surface area contributed by atoms with Gasteiger partial charge in [0.25, 0.3) is 0 Å². The summed E-state index contributed by atoms with van der Waals surface area (Å²) in [5.74, 6) is 2.00. The van der Waals surface area contributed by atoms with Gasteiger partial charge in [-0.3, -0.25) is 5.10 Å². The number of hydrogen-bond donors (Lipinski definition) is 3. The van der Waals surface area contributed by atoms with Crippen molar-refractivity contribution in [2.75, 3.05) is 36.4 Å². The molecule has 1 fully saturated rings. The van der Waals surface area contributed by atoms with Crippen molar-refractivity contribution in [3.8, 4) is 6.07 Å². The van der Waals surface area contributed by atoms with Crippen LogP contribution in [0.5, 0.6) is 0 Å². The molecule has 1 aliphatic rings. The maximum Gasteiger partial charge on any atom is 0.317 e. The Bertz CT molecular complexity index is 1160. The van der Waals surface area contributed by atoms with Gasteiger partial charge in [0, 0.05) is 55.9 Å². The molecule has 2 amide bonds. The van der Waals surface area contributed by atoms with E-state index in [0.29, 0.717) is 49.5 Å². The van der Waals surface area contributed by atoms with E-state index in [1.54, 1.807) is 23.2 Å². The summed E-state index contributed by atoms with van der Waals surface area (Å²) < 4.78 is 0. The number of aryl methyl sites for hydroxylation is 2. The molecule has 3 aromatic rings. The Kier molecular flexibility index (Phi) is 6.35. The highest BCUT2D eigenvalue weighted by Crippen LogP contribution is 2.19. The molecule has 0 saturated carbocycles. The standard InChI is InChI=1S/C22H26N10O/c1-14-10-19(27-20-11-15(2)29-30-20)28-21(25-14)31-6-8-32(9-7-31)22(33)26-16(3)17-4-5-18(12-23)24-13-17/h4-5,10-11,13,16H,6-9H2,1-3H3,(H,26,33)(H2,25,27,28,29,30). The molecule has 1 unspecified atom stereocenters. The van der Waals surface area contributed by atoms with Crippen LogP contribution in [0.4, 0.5) is 22.4 Å². The van der Waals surface area contributed by atoms with Crippen LogP contribution >= 0.6 is 0 Å². The van der Waals surface area contributed by atoms with E-state index in [1.807, 2.05) is 39.0 Å². The van der Waals surface area contributed by atoms with Crippen molar-refractivity contribution in [2.24, 2.45) is 0 Å². The zero-order chi connectivity index (χ0) is 23.4. The maximum absolute atomic E-state index is 12.7. The predicted molar refractivity (Wildman–Crippen MR) is 123 cm³/mol. The molecule has 11 heteroatoms. The first-order valence-corrected chi connectivity index (χ1v) is 10.7. The number of carbonyl (C=O) groups excluding carboxylic acids is 1. The molecule has 1 aliphatic heterocycles. The van der Waals surface area contributed by atoms with Crippen molar-refractivity contribution in [3.63, 3.8) is 0 Å². The van der Waals surface area contributed by atoms with Crippen molar-refractivity contribution in [1.29, 1.82) is 5.26 Å². The van der Waals surface area contributed by atoms with Gasteiger partial charge in [0.1, 0.15) is 17.6 Å². The molecular formula is C22H26N10O. The zero-order valence-corrected chi connectivity index (χ0v) is 18.8. The van der Waals surface area contributed by atoms with Crippen molar-refractivity contribution in [3.05, 3.63) is 53.1 Å². The second-order valence-corrected chi connectivity index (χ2v) is 7.99. The number of aromatic nitrogens is 5. The molecule has 0 aromatic carbocycles. The van der Waals surface area contributed by atoms with Gasteiger partial charge in [-0.2, -0.15) is 15.3 Å². The average Bonchev–Trinajstić information content (AvgIpc) is 3.23. The fourth-order valence-electron chi connectivity index (χ4n) is 3.57. The Morgan fingerprint density at radius 1 is 1.15 bits per heavy atom. The monoisotopic (exact) mass is 446 g/mol. The predicted octanol–water partition coefficient (Wildman–Crippen LogP) is 2.42. The molecule has 170 valence electrons. The van der Waals surface area contributed by atoms with Crippen molar-refractivity contribution in [1.82, 2.24) is 35.4 Å². The molecule has 4 heterocycles. The second kappa shape index (κ2) is 9.52. The van der Waals surface area contributed by atoms with E-state index in [0.717, 1.165) is 17.0 Å². The smallest absolute Gasteiger partial charge is 0.317 e. The lowest BCUT2D eigenvalue weighted by atomic mass is 10.1. The number of piperazine rings is 1. The minimum absolute atomic E-state index is 0.132. The van der Waals surface area contributed by atoms with E-state index < -0.39 is 0 Å². The number of rotatable bonds is 5. The van der Waals surface area contributed by atoms with Crippen LogP contribution in [0.2, 0.25) is 0 Å². The van der Waals surface area contributed by atoms with Crippen LogP contribution in [0.25, 0.3) is 0 Å². The number of aromatic amines is 1. The highest BCUT2D eigenvalue weighted by molar-refractivity contribution is 5.75. The van der Waals surface area contributed by atoms with E-state index in [1.165, 1.54) is 0 Å². The minimum atomic E-state index is -0.213. The number of urea groups is 1. The minimum Gasteiger partial charge on any atom is -0.337 e. The molecule has 4 rings (SSSR count). The zero-order valence-electron chi connectivity index (χ0n) is 18.8. The van der Waals surface area contributed by atoms with Gasteiger partial charge in [0.05, 0.1) is 6.04 Å². The van der Waals surface area contributed by atoms with Gasteiger partial charge in [0.15, 0.2) is 5.82 Å². The van der Waals surface area contributed by atoms with Gasteiger partial charge in [-0.05, 0) is 32.4 Å². The normalized spacial score (nSPS) is 14.5. The van der Waals surface area contributed by atoms with Crippen LogP contribution in [0.3, 0.4) is 0 Å². The van der Waals surface area contributed by atoms with E-state index in [9.17, 15) is 4.79 Å². The van der Waals surface area contributed by atoms with Gasteiger partial charge in [0.2, 0.25) is 5.95 Å². The first-order valence-electron chi connectivity index (χ1n) is 10.7. The summed E-state index contributed by atoms with van der Waals surface area (Å²) in [6.45, 7) is 8.13. The maximum atomic E-state index is 12.7. The molecule has 3 aromatic heterocycles. The fraction of sp³-hybridized carbons (Fsp3) is 0.364. The molecule has 1 atom stereocenters. The molecule has 0 spiro atoms. The van der Waals surface area contributed by atoms with Gasteiger partial charge in [-0.15, -0.1) is 0 Å². The van der Waals surface area contributed by atoms with E-state index in [4.69, 9.17) is 5.26 Å². The first-order chi connectivity index (χ1) is 15.9. The van der Waals surface area contributed by atoms with E-state index >= 15 is 0 Å². The summed E-state index contributed by atoms with van der Waals surface area (Å²) in [4.78, 5) is 29.9. The van der Waals surface area contributed by atoms with Gasteiger partial charge in [-0.25, -0.2) is 14.8 Å². The summed E-state index contributed by atoms with van der Waals surface area (Å²) in [6, 6.07) is 8.88.